The molecule has 3 aromatic rings. The van der Waals surface area contributed by atoms with Gasteiger partial charge in [0.2, 0.25) is 5.78 Å². The van der Waals surface area contributed by atoms with Crippen LogP contribution in [0.3, 0.4) is 0 Å². The Morgan fingerprint density at radius 2 is 1.90 bits per heavy atom. The molecule has 0 amide bonds. The quantitative estimate of drug-likeness (QED) is 0.512. The molecule has 0 atom stereocenters. The maximum atomic E-state index is 12.2. The van der Waals surface area contributed by atoms with Gasteiger partial charge in [-0.2, -0.15) is 0 Å². The summed E-state index contributed by atoms with van der Waals surface area (Å²) in [5.41, 5.74) is 1.86. The van der Waals surface area contributed by atoms with Crippen LogP contribution >= 0.6 is 11.8 Å². The third kappa shape index (κ3) is 2.63. The SMILES string of the molecule is Cc1cccc2cc(C(=O)CSc3ccccc3)oc12. The Bertz CT molecular complexity index is 744. The number of furan rings is 1. The lowest BCUT2D eigenvalue weighted by molar-refractivity contribution is 0.0994. The van der Waals surface area contributed by atoms with E-state index in [0.29, 0.717) is 11.5 Å². The van der Waals surface area contributed by atoms with Gasteiger partial charge in [0.05, 0.1) is 5.75 Å². The molecule has 1 aromatic heterocycles. The van der Waals surface area contributed by atoms with E-state index >= 15 is 0 Å². The number of benzene rings is 2. The summed E-state index contributed by atoms with van der Waals surface area (Å²) in [6.45, 7) is 1.98. The van der Waals surface area contributed by atoms with E-state index in [1.54, 1.807) is 0 Å². The van der Waals surface area contributed by atoms with Gasteiger partial charge in [-0.1, -0.05) is 36.4 Å². The highest BCUT2D eigenvalue weighted by Crippen LogP contribution is 2.25. The summed E-state index contributed by atoms with van der Waals surface area (Å²) in [5, 5.41) is 0.984. The van der Waals surface area contributed by atoms with Crippen LogP contribution in [0.25, 0.3) is 11.0 Å². The van der Waals surface area contributed by atoms with Crippen molar-refractivity contribution in [3.05, 3.63) is 65.9 Å². The standard InChI is InChI=1S/C17H14O2S/c1-12-6-5-7-13-10-16(19-17(12)13)15(18)11-20-14-8-3-2-4-9-14/h2-10H,11H2,1H3. The monoisotopic (exact) mass is 282 g/mol. The fourth-order valence-electron chi connectivity index (χ4n) is 2.08. The van der Waals surface area contributed by atoms with Crippen LogP contribution in [-0.4, -0.2) is 11.5 Å². The van der Waals surface area contributed by atoms with Crippen LogP contribution in [0.1, 0.15) is 16.1 Å². The summed E-state index contributed by atoms with van der Waals surface area (Å²) < 4.78 is 5.69. The summed E-state index contributed by atoms with van der Waals surface area (Å²) in [5.74, 6) is 0.857. The first-order valence-electron chi connectivity index (χ1n) is 6.44. The molecule has 0 fully saturated rings. The fourth-order valence-corrected chi connectivity index (χ4v) is 2.87. The second kappa shape index (κ2) is 5.55. The molecular formula is C17H14O2S. The van der Waals surface area contributed by atoms with Crippen LogP contribution in [-0.2, 0) is 0 Å². The zero-order chi connectivity index (χ0) is 13.9. The van der Waals surface area contributed by atoms with Crippen LogP contribution in [0.5, 0.6) is 0 Å². The molecule has 0 aliphatic heterocycles. The summed E-state index contributed by atoms with van der Waals surface area (Å²) in [7, 11) is 0. The molecule has 0 saturated heterocycles. The van der Waals surface area contributed by atoms with Crippen LogP contribution in [0, 0.1) is 6.92 Å². The number of aryl methyl sites for hydroxylation is 1. The lowest BCUT2D eigenvalue weighted by Crippen LogP contribution is -2.00. The van der Waals surface area contributed by atoms with Gasteiger partial charge >= 0.3 is 0 Å². The first-order chi connectivity index (χ1) is 9.74. The molecule has 0 saturated carbocycles. The van der Waals surface area contributed by atoms with Crippen molar-refractivity contribution < 1.29 is 9.21 Å². The van der Waals surface area contributed by atoms with Crippen molar-refractivity contribution >= 4 is 28.5 Å². The normalized spacial score (nSPS) is 10.8. The molecule has 20 heavy (non-hydrogen) atoms. The Kier molecular flexibility index (Phi) is 3.61. The zero-order valence-electron chi connectivity index (χ0n) is 11.1. The lowest BCUT2D eigenvalue weighted by Gasteiger charge is -1.98. The average molecular weight is 282 g/mol. The van der Waals surface area contributed by atoms with Crippen molar-refractivity contribution in [1.29, 1.82) is 0 Å². The number of Topliss-reactive ketones (excluding diaryl/α,β-unsaturated/α-hetero) is 1. The Morgan fingerprint density at radius 3 is 2.65 bits per heavy atom. The van der Waals surface area contributed by atoms with Crippen molar-refractivity contribution in [3.63, 3.8) is 0 Å². The molecule has 0 aliphatic carbocycles. The van der Waals surface area contributed by atoms with Gasteiger partial charge in [-0.3, -0.25) is 4.79 Å². The highest BCUT2D eigenvalue weighted by molar-refractivity contribution is 8.00. The Morgan fingerprint density at radius 1 is 1.10 bits per heavy atom. The largest absolute Gasteiger partial charge is 0.453 e. The van der Waals surface area contributed by atoms with Crippen molar-refractivity contribution in [2.24, 2.45) is 0 Å². The van der Waals surface area contributed by atoms with E-state index in [0.717, 1.165) is 21.4 Å². The van der Waals surface area contributed by atoms with Crippen molar-refractivity contribution in [2.45, 2.75) is 11.8 Å². The number of rotatable bonds is 4. The average Bonchev–Trinajstić information content (AvgIpc) is 2.91. The van der Waals surface area contributed by atoms with Gasteiger partial charge in [0.15, 0.2) is 5.76 Å². The molecule has 0 spiro atoms. The Hall–Kier alpha value is -2.00. The Balaban J connectivity index is 1.77. The van der Waals surface area contributed by atoms with Crippen LogP contribution in [0.2, 0.25) is 0 Å². The van der Waals surface area contributed by atoms with E-state index in [1.807, 2.05) is 61.5 Å². The lowest BCUT2D eigenvalue weighted by atomic mass is 10.2. The van der Waals surface area contributed by atoms with E-state index in [1.165, 1.54) is 11.8 Å². The molecule has 2 aromatic carbocycles. The number of hydrogen-bond acceptors (Lipinski definition) is 3. The number of hydrogen-bond donors (Lipinski definition) is 0. The third-order valence-electron chi connectivity index (χ3n) is 3.13. The minimum atomic E-state index is 0.0226. The van der Waals surface area contributed by atoms with E-state index in [2.05, 4.69) is 0 Å². The molecule has 0 bridgehead atoms. The molecule has 2 nitrogen and oxygen atoms in total. The summed E-state index contributed by atoms with van der Waals surface area (Å²) in [4.78, 5) is 13.3. The predicted molar refractivity (Wildman–Crippen MR) is 82.4 cm³/mol. The maximum absolute atomic E-state index is 12.2. The van der Waals surface area contributed by atoms with E-state index in [9.17, 15) is 4.79 Å². The number of thioether (sulfide) groups is 1. The minimum absolute atomic E-state index is 0.0226. The third-order valence-corrected chi connectivity index (χ3v) is 4.14. The number of carbonyl (C=O) groups excluding carboxylic acids is 1. The van der Waals surface area contributed by atoms with Crippen LogP contribution in [0.15, 0.2) is 63.9 Å². The minimum Gasteiger partial charge on any atom is -0.453 e. The molecule has 1 heterocycles. The van der Waals surface area contributed by atoms with Crippen LogP contribution in [0.4, 0.5) is 0 Å². The maximum Gasteiger partial charge on any atom is 0.208 e. The van der Waals surface area contributed by atoms with Gasteiger partial charge in [-0.25, -0.2) is 0 Å². The molecule has 0 unspecified atom stereocenters. The summed E-state index contributed by atoms with van der Waals surface area (Å²) in [6, 6.07) is 17.7. The fraction of sp³-hybridized carbons (Fsp3) is 0.118. The summed E-state index contributed by atoms with van der Waals surface area (Å²) in [6.07, 6.45) is 0. The van der Waals surface area contributed by atoms with Gasteiger partial charge < -0.3 is 4.42 Å². The molecule has 3 rings (SSSR count). The van der Waals surface area contributed by atoms with Gasteiger partial charge in [0.25, 0.3) is 0 Å². The second-order valence-electron chi connectivity index (χ2n) is 4.63. The van der Waals surface area contributed by atoms with Gasteiger partial charge in [0.1, 0.15) is 5.58 Å². The Labute approximate surface area is 121 Å². The smallest absolute Gasteiger partial charge is 0.208 e. The van der Waals surface area contributed by atoms with Gasteiger partial charge in [-0.05, 0) is 30.7 Å². The number of fused-ring (bicyclic) bond motifs is 1. The highest BCUT2D eigenvalue weighted by atomic mass is 32.2. The predicted octanol–water partition coefficient (Wildman–Crippen LogP) is 4.72. The topological polar surface area (TPSA) is 30.2 Å². The van der Waals surface area contributed by atoms with Crippen LogP contribution < -0.4 is 0 Å². The first kappa shape index (κ1) is 13.0. The summed E-state index contributed by atoms with van der Waals surface area (Å²) >= 11 is 1.53. The van der Waals surface area contributed by atoms with Gasteiger partial charge in [-0.15, -0.1) is 11.8 Å². The van der Waals surface area contributed by atoms with E-state index in [4.69, 9.17) is 4.42 Å². The molecule has 0 aliphatic rings. The van der Waals surface area contributed by atoms with Crippen molar-refractivity contribution in [1.82, 2.24) is 0 Å². The number of ketones is 1. The highest BCUT2D eigenvalue weighted by Gasteiger charge is 2.13. The molecule has 3 heteroatoms. The van der Waals surface area contributed by atoms with E-state index in [-0.39, 0.29) is 5.78 Å². The molecule has 100 valence electrons. The number of carbonyl (C=O) groups is 1. The first-order valence-corrected chi connectivity index (χ1v) is 7.43. The zero-order valence-corrected chi connectivity index (χ0v) is 11.9. The number of para-hydroxylation sites is 1. The van der Waals surface area contributed by atoms with Crippen molar-refractivity contribution in [3.8, 4) is 0 Å². The van der Waals surface area contributed by atoms with Crippen molar-refractivity contribution in [2.75, 3.05) is 5.75 Å². The van der Waals surface area contributed by atoms with Gasteiger partial charge in [0, 0.05) is 10.3 Å². The molecular weight excluding hydrogens is 268 g/mol. The van der Waals surface area contributed by atoms with E-state index < -0.39 is 0 Å². The molecule has 0 N–H and O–H groups in total. The molecule has 0 radical (unpaired) electrons. The second-order valence-corrected chi connectivity index (χ2v) is 5.68.